The number of benzene rings is 3. The summed E-state index contributed by atoms with van der Waals surface area (Å²) in [6.07, 6.45) is 0. The normalized spacial score (nSPS) is 17.1. The summed E-state index contributed by atoms with van der Waals surface area (Å²) in [7, 11) is 1.78. The summed E-state index contributed by atoms with van der Waals surface area (Å²) in [5.74, 6) is -0.0963. The van der Waals surface area contributed by atoms with Crippen LogP contribution < -0.4 is 0 Å². The van der Waals surface area contributed by atoms with Crippen LogP contribution in [0.4, 0.5) is 0 Å². The smallest absolute Gasteiger partial charge is 0.254 e. The maximum absolute atomic E-state index is 13.1. The predicted octanol–water partition coefficient (Wildman–Crippen LogP) is 4.43. The summed E-state index contributed by atoms with van der Waals surface area (Å²) in [4.78, 5) is 28.8. The summed E-state index contributed by atoms with van der Waals surface area (Å²) < 4.78 is 0. The van der Waals surface area contributed by atoms with Gasteiger partial charge in [-0.1, -0.05) is 42.5 Å². The standard InChI is InChI=1S/C25H26N2O2/c1-16-7-5-8-17(2)23(16)22-10-6-9-19-15-20(11-12-21(19)22)25(29)27-14-13-26(4)24(28)18(27)3/h5-12,15,18H,13-14H2,1-4H3. The molecule has 4 heteroatoms. The number of amides is 2. The van der Waals surface area contributed by atoms with Gasteiger partial charge in [0.05, 0.1) is 0 Å². The number of hydrogen-bond donors (Lipinski definition) is 0. The van der Waals surface area contributed by atoms with E-state index in [-0.39, 0.29) is 11.8 Å². The molecule has 4 nitrogen and oxygen atoms in total. The van der Waals surface area contributed by atoms with E-state index in [0.29, 0.717) is 18.7 Å². The van der Waals surface area contributed by atoms with Crippen molar-refractivity contribution in [1.29, 1.82) is 0 Å². The summed E-state index contributed by atoms with van der Waals surface area (Å²) >= 11 is 0. The third-order valence-electron chi connectivity index (χ3n) is 6.02. The molecule has 1 unspecified atom stereocenters. The fraction of sp³-hybridized carbons (Fsp3) is 0.280. The van der Waals surface area contributed by atoms with Crippen LogP contribution in [-0.2, 0) is 4.79 Å². The van der Waals surface area contributed by atoms with Gasteiger partial charge in [-0.05, 0) is 65.9 Å². The van der Waals surface area contributed by atoms with Crippen LogP contribution in [-0.4, -0.2) is 47.8 Å². The first kappa shape index (κ1) is 19.2. The fourth-order valence-corrected chi connectivity index (χ4v) is 4.33. The van der Waals surface area contributed by atoms with Crippen molar-refractivity contribution in [1.82, 2.24) is 9.80 Å². The van der Waals surface area contributed by atoms with Crippen molar-refractivity contribution < 1.29 is 9.59 Å². The minimum Gasteiger partial charge on any atom is -0.342 e. The Balaban J connectivity index is 1.75. The molecule has 148 valence electrons. The summed E-state index contributed by atoms with van der Waals surface area (Å²) in [5.41, 5.74) is 5.53. The molecule has 4 rings (SSSR count). The highest BCUT2D eigenvalue weighted by molar-refractivity contribution is 6.04. The van der Waals surface area contributed by atoms with Gasteiger partial charge in [-0.25, -0.2) is 0 Å². The highest BCUT2D eigenvalue weighted by Gasteiger charge is 2.33. The molecular weight excluding hydrogens is 360 g/mol. The van der Waals surface area contributed by atoms with Crippen molar-refractivity contribution in [3.8, 4) is 11.1 Å². The lowest BCUT2D eigenvalue weighted by Gasteiger charge is -2.37. The van der Waals surface area contributed by atoms with Gasteiger partial charge in [0.15, 0.2) is 0 Å². The highest BCUT2D eigenvalue weighted by Crippen LogP contribution is 2.33. The monoisotopic (exact) mass is 386 g/mol. The summed E-state index contributed by atoms with van der Waals surface area (Å²) in [6, 6.07) is 18.0. The van der Waals surface area contributed by atoms with Gasteiger partial charge in [0, 0.05) is 25.7 Å². The van der Waals surface area contributed by atoms with Gasteiger partial charge in [0.1, 0.15) is 6.04 Å². The average molecular weight is 386 g/mol. The maximum atomic E-state index is 13.1. The molecule has 1 aliphatic heterocycles. The Morgan fingerprint density at radius 2 is 1.66 bits per heavy atom. The summed E-state index contributed by atoms with van der Waals surface area (Å²) in [6.45, 7) is 7.19. The molecule has 2 amide bonds. The number of nitrogens with zero attached hydrogens (tertiary/aromatic N) is 2. The molecule has 0 aliphatic carbocycles. The van der Waals surface area contributed by atoms with E-state index >= 15 is 0 Å². The Kier molecular flexibility index (Phi) is 4.87. The minimum atomic E-state index is -0.433. The van der Waals surface area contributed by atoms with Crippen molar-refractivity contribution in [3.63, 3.8) is 0 Å². The van der Waals surface area contributed by atoms with Gasteiger partial charge in [-0.2, -0.15) is 0 Å². The van der Waals surface area contributed by atoms with Gasteiger partial charge < -0.3 is 9.80 Å². The van der Waals surface area contributed by atoms with Crippen molar-refractivity contribution >= 4 is 22.6 Å². The van der Waals surface area contributed by atoms with Gasteiger partial charge in [0.25, 0.3) is 5.91 Å². The van der Waals surface area contributed by atoms with Gasteiger partial charge in [-0.3, -0.25) is 9.59 Å². The SMILES string of the molecule is Cc1cccc(C)c1-c1cccc2cc(C(=O)N3CCN(C)C(=O)C3C)ccc12. The predicted molar refractivity (Wildman–Crippen MR) is 117 cm³/mol. The molecule has 0 spiro atoms. The van der Waals surface area contributed by atoms with E-state index in [1.165, 1.54) is 22.3 Å². The zero-order valence-corrected chi connectivity index (χ0v) is 17.4. The van der Waals surface area contributed by atoms with Crippen molar-refractivity contribution in [2.75, 3.05) is 20.1 Å². The first-order chi connectivity index (χ1) is 13.9. The number of aryl methyl sites for hydroxylation is 2. The van der Waals surface area contributed by atoms with Crippen LogP contribution in [0.15, 0.2) is 54.6 Å². The van der Waals surface area contributed by atoms with Crippen LogP contribution in [0.25, 0.3) is 21.9 Å². The van der Waals surface area contributed by atoms with E-state index in [2.05, 4.69) is 38.1 Å². The van der Waals surface area contributed by atoms with Gasteiger partial charge in [0.2, 0.25) is 5.91 Å². The van der Waals surface area contributed by atoms with Crippen LogP contribution in [0.3, 0.4) is 0 Å². The van der Waals surface area contributed by atoms with E-state index in [1.807, 2.05) is 30.3 Å². The Morgan fingerprint density at radius 1 is 0.966 bits per heavy atom. The zero-order chi connectivity index (χ0) is 20.7. The Bertz CT molecular complexity index is 1100. The number of piperazine rings is 1. The van der Waals surface area contributed by atoms with Crippen LogP contribution in [0.1, 0.15) is 28.4 Å². The first-order valence-electron chi connectivity index (χ1n) is 10.0. The highest BCUT2D eigenvalue weighted by atomic mass is 16.2. The lowest BCUT2D eigenvalue weighted by molar-refractivity contribution is -0.137. The molecule has 1 atom stereocenters. The molecule has 29 heavy (non-hydrogen) atoms. The van der Waals surface area contributed by atoms with Crippen LogP contribution in [0, 0.1) is 13.8 Å². The second kappa shape index (κ2) is 7.36. The molecule has 0 bridgehead atoms. The summed E-state index contributed by atoms with van der Waals surface area (Å²) in [5, 5.41) is 2.16. The van der Waals surface area contributed by atoms with Crippen molar-refractivity contribution in [3.05, 3.63) is 71.3 Å². The second-order valence-electron chi connectivity index (χ2n) is 7.94. The molecule has 0 saturated carbocycles. The van der Waals surface area contributed by atoms with Gasteiger partial charge in [-0.15, -0.1) is 0 Å². The second-order valence-corrected chi connectivity index (χ2v) is 7.94. The molecular formula is C25H26N2O2. The molecule has 3 aromatic carbocycles. The molecule has 1 heterocycles. The van der Waals surface area contributed by atoms with Gasteiger partial charge >= 0.3 is 0 Å². The van der Waals surface area contributed by atoms with E-state index in [4.69, 9.17) is 0 Å². The number of hydrogen-bond acceptors (Lipinski definition) is 2. The number of carbonyl (C=O) groups is 2. The van der Waals surface area contributed by atoms with E-state index in [9.17, 15) is 9.59 Å². The van der Waals surface area contributed by atoms with Crippen LogP contribution in [0.2, 0.25) is 0 Å². The average Bonchev–Trinajstić information content (AvgIpc) is 2.71. The van der Waals surface area contributed by atoms with Crippen molar-refractivity contribution in [2.24, 2.45) is 0 Å². The Morgan fingerprint density at radius 3 is 2.38 bits per heavy atom. The molecule has 0 aromatic heterocycles. The zero-order valence-electron chi connectivity index (χ0n) is 17.4. The Labute approximate surface area is 171 Å². The van der Waals surface area contributed by atoms with Crippen LogP contribution >= 0.6 is 0 Å². The quantitative estimate of drug-likeness (QED) is 0.654. The molecule has 1 saturated heterocycles. The molecule has 1 aliphatic rings. The lowest BCUT2D eigenvalue weighted by atomic mass is 9.91. The molecule has 1 fully saturated rings. The maximum Gasteiger partial charge on any atom is 0.254 e. The third-order valence-corrected chi connectivity index (χ3v) is 6.02. The lowest BCUT2D eigenvalue weighted by Crippen LogP contribution is -2.56. The Hall–Kier alpha value is -3.14. The number of carbonyl (C=O) groups excluding carboxylic acids is 2. The van der Waals surface area contributed by atoms with E-state index < -0.39 is 6.04 Å². The first-order valence-corrected chi connectivity index (χ1v) is 10.0. The van der Waals surface area contributed by atoms with E-state index in [1.54, 1.807) is 23.8 Å². The largest absolute Gasteiger partial charge is 0.342 e. The molecule has 0 radical (unpaired) electrons. The van der Waals surface area contributed by atoms with Crippen LogP contribution in [0.5, 0.6) is 0 Å². The number of likely N-dealkylation sites (N-methyl/N-ethyl adjacent to an activating group) is 1. The topological polar surface area (TPSA) is 40.6 Å². The number of fused-ring (bicyclic) bond motifs is 1. The minimum absolute atomic E-state index is 0.0114. The van der Waals surface area contributed by atoms with E-state index in [0.717, 1.165) is 10.8 Å². The molecule has 3 aromatic rings. The van der Waals surface area contributed by atoms with Crippen molar-refractivity contribution in [2.45, 2.75) is 26.8 Å². The third kappa shape index (κ3) is 3.29. The number of rotatable bonds is 2. The fourth-order valence-electron chi connectivity index (χ4n) is 4.33. The molecule has 0 N–H and O–H groups in total.